The maximum absolute atomic E-state index is 9.58. The highest BCUT2D eigenvalue weighted by molar-refractivity contribution is 8.00. The number of nitrogens with two attached hydrogens (primary N) is 1. The van der Waals surface area contributed by atoms with Gasteiger partial charge in [0.1, 0.15) is 5.75 Å². The Bertz CT molecular complexity index is 325. The zero-order chi connectivity index (χ0) is 9.42. The Hall–Kier alpha value is -0.670. The molecule has 3 heteroatoms. The maximum atomic E-state index is 9.58. The summed E-state index contributed by atoms with van der Waals surface area (Å²) in [4.78, 5) is 1.18. The third kappa shape index (κ3) is 1.54. The first-order valence-corrected chi connectivity index (χ1v) is 5.29. The lowest BCUT2D eigenvalue weighted by molar-refractivity contribution is 0.465. The van der Waals surface area contributed by atoms with E-state index in [2.05, 4.69) is 0 Å². The van der Waals surface area contributed by atoms with Crippen molar-refractivity contribution in [2.24, 2.45) is 5.73 Å². The van der Waals surface area contributed by atoms with Crippen molar-refractivity contribution < 1.29 is 5.11 Å². The van der Waals surface area contributed by atoms with Gasteiger partial charge in [0, 0.05) is 21.8 Å². The Labute approximate surface area is 82.1 Å². The van der Waals surface area contributed by atoms with E-state index in [0.717, 1.165) is 12.0 Å². The fourth-order valence-electron chi connectivity index (χ4n) is 1.57. The van der Waals surface area contributed by atoms with E-state index in [0.29, 0.717) is 11.0 Å². The van der Waals surface area contributed by atoms with Crippen LogP contribution in [0.4, 0.5) is 0 Å². The molecule has 2 atom stereocenters. The zero-order valence-electron chi connectivity index (χ0n) is 7.53. The van der Waals surface area contributed by atoms with Crippen LogP contribution in [0.1, 0.15) is 12.5 Å². The third-order valence-corrected chi connectivity index (χ3v) is 3.91. The van der Waals surface area contributed by atoms with Gasteiger partial charge in [-0.1, -0.05) is 6.07 Å². The molecule has 2 unspecified atom stereocenters. The van der Waals surface area contributed by atoms with Crippen LogP contribution in [-0.2, 0) is 6.42 Å². The van der Waals surface area contributed by atoms with Gasteiger partial charge in [0.05, 0.1) is 0 Å². The molecule has 1 aromatic rings. The van der Waals surface area contributed by atoms with Crippen molar-refractivity contribution in [1.29, 1.82) is 0 Å². The Morgan fingerprint density at radius 3 is 3.00 bits per heavy atom. The summed E-state index contributed by atoms with van der Waals surface area (Å²) in [5.74, 6) is 0.410. The summed E-state index contributed by atoms with van der Waals surface area (Å²) >= 11 is 1.77. The highest BCUT2D eigenvalue weighted by Gasteiger charge is 2.26. The van der Waals surface area contributed by atoms with Crippen LogP contribution in [0.3, 0.4) is 0 Å². The second kappa shape index (κ2) is 3.24. The van der Waals surface area contributed by atoms with Crippen LogP contribution in [0.25, 0.3) is 0 Å². The van der Waals surface area contributed by atoms with Gasteiger partial charge in [-0.15, -0.1) is 11.8 Å². The molecule has 0 radical (unpaired) electrons. The molecule has 1 heterocycles. The first-order valence-electron chi connectivity index (χ1n) is 4.41. The maximum Gasteiger partial charge on any atom is 0.119 e. The summed E-state index contributed by atoms with van der Waals surface area (Å²) in [5.41, 5.74) is 6.89. The summed E-state index contributed by atoms with van der Waals surface area (Å²) in [6, 6.07) is 5.84. The van der Waals surface area contributed by atoms with Crippen LogP contribution in [0.15, 0.2) is 23.1 Å². The molecule has 0 amide bonds. The number of benzene rings is 1. The number of rotatable bonds is 1. The van der Waals surface area contributed by atoms with E-state index in [1.165, 1.54) is 4.90 Å². The molecule has 2 nitrogen and oxygen atoms in total. The molecular formula is C10H13NOS. The van der Waals surface area contributed by atoms with Gasteiger partial charge in [-0.3, -0.25) is 0 Å². The van der Waals surface area contributed by atoms with Gasteiger partial charge < -0.3 is 10.8 Å². The normalized spacial score (nSPS) is 22.8. The third-order valence-electron chi connectivity index (χ3n) is 2.38. The standard InChI is InChI=1S/C10H13NOS/c1-6(11)10-5-7-8(12)3-2-4-9(7)13-10/h2-4,6,10,12H,5,11H2,1H3. The Balaban J connectivity index is 2.30. The molecule has 0 fully saturated rings. The number of thioether (sulfide) groups is 1. The van der Waals surface area contributed by atoms with Crippen LogP contribution < -0.4 is 5.73 Å². The first-order chi connectivity index (χ1) is 6.18. The van der Waals surface area contributed by atoms with Gasteiger partial charge in [0.25, 0.3) is 0 Å². The molecule has 0 aromatic heterocycles. The van der Waals surface area contributed by atoms with Gasteiger partial charge >= 0.3 is 0 Å². The smallest absolute Gasteiger partial charge is 0.119 e. The molecule has 0 aliphatic carbocycles. The summed E-state index contributed by atoms with van der Waals surface area (Å²) < 4.78 is 0. The van der Waals surface area contributed by atoms with Crippen LogP contribution >= 0.6 is 11.8 Å². The van der Waals surface area contributed by atoms with E-state index in [1.54, 1.807) is 17.8 Å². The summed E-state index contributed by atoms with van der Waals surface area (Å²) in [7, 11) is 0. The van der Waals surface area contributed by atoms with Crippen molar-refractivity contribution in [1.82, 2.24) is 0 Å². The highest BCUT2D eigenvalue weighted by atomic mass is 32.2. The topological polar surface area (TPSA) is 46.2 Å². The predicted molar refractivity (Wildman–Crippen MR) is 55.1 cm³/mol. The molecule has 2 rings (SSSR count). The second-order valence-corrected chi connectivity index (χ2v) is 4.75. The highest BCUT2D eigenvalue weighted by Crippen LogP contribution is 2.41. The molecule has 0 bridgehead atoms. The largest absolute Gasteiger partial charge is 0.508 e. The average Bonchev–Trinajstić information content (AvgIpc) is 2.49. The van der Waals surface area contributed by atoms with Gasteiger partial charge in [0.15, 0.2) is 0 Å². The van der Waals surface area contributed by atoms with Gasteiger partial charge in [-0.2, -0.15) is 0 Å². The number of hydrogen-bond acceptors (Lipinski definition) is 3. The number of hydrogen-bond donors (Lipinski definition) is 2. The summed E-state index contributed by atoms with van der Waals surface area (Å²) in [6.07, 6.45) is 0.893. The number of fused-ring (bicyclic) bond motifs is 1. The minimum Gasteiger partial charge on any atom is -0.508 e. The summed E-state index contributed by atoms with van der Waals surface area (Å²) in [6.45, 7) is 2.01. The summed E-state index contributed by atoms with van der Waals surface area (Å²) in [5, 5.41) is 10.00. The van der Waals surface area contributed by atoms with E-state index >= 15 is 0 Å². The lowest BCUT2D eigenvalue weighted by Crippen LogP contribution is -2.28. The fraction of sp³-hybridized carbons (Fsp3) is 0.400. The van der Waals surface area contributed by atoms with Crippen molar-refractivity contribution in [3.05, 3.63) is 23.8 Å². The Morgan fingerprint density at radius 2 is 2.38 bits per heavy atom. The minimum absolute atomic E-state index is 0.178. The quantitative estimate of drug-likeness (QED) is 0.717. The van der Waals surface area contributed by atoms with E-state index in [1.807, 2.05) is 19.1 Å². The molecule has 70 valence electrons. The number of phenolic OH excluding ortho intramolecular Hbond substituents is 1. The van der Waals surface area contributed by atoms with Crippen molar-refractivity contribution in [2.45, 2.75) is 29.5 Å². The molecule has 13 heavy (non-hydrogen) atoms. The lowest BCUT2D eigenvalue weighted by atomic mass is 10.1. The van der Waals surface area contributed by atoms with Crippen LogP contribution in [0.5, 0.6) is 5.75 Å². The SMILES string of the molecule is CC(N)C1Cc2c(O)cccc2S1. The second-order valence-electron chi connectivity index (χ2n) is 3.47. The lowest BCUT2D eigenvalue weighted by Gasteiger charge is -2.11. The number of aromatic hydroxyl groups is 1. The average molecular weight is 195 g/mol. The van der Waals surface area contributed by atoms with Gasteiger partial charge in [-0.05, 0) is 25.5 Å². The van der Waals surface area contributed by atoms with E-state index < -0.39 is 0 Å². The van der Waals surface area contributed by atoms with E-state index in [4.69, 9.17) is 5.73 Å². The monoisotopic (exact) mass is 195 g/mol. The van der Waals surface area contributed by atoms with Gasteiger partial charge in [-0.25, -0.2) is 0 Å². The van der Waals surface area contributed by atoms with Crippen LogP contribution in [0, 0.1) is 0 Å². The molecule has 0 saturated heterocycles. The molecule has 1 aliphatic heterocycles. The minimum atomic E-state index is 0.178. The van der Waals surface area contributed by atoms with Gasteiger partial charge in [0.2, 0.25) is 0 Å². The first kappa shape index (κ1) is 8.91. The van der Waals surface area contributed by atoms with Crippen molar-refractivity contribution >= 4 is 11.8 Å². The van der Waals surface area contributed by atoms with Crippen molar-refractivity contribution in [2.75, 3.05) is 0 Å². The van der Waals surface area contributed by atoms with E-state index in [-0.39, 0.29) is 6.04 Å². The Morgan fingerprint density at radius 1 is 1.62 bits per heavy atom. The van der Waals surface area contributed by atoms with E-state index in [9.17, 15) is 5.11 Å². The van der Waals surface area contributed by atoms with Crippen LogP contribution in [0.2, 0.25) is 0 Å². The van der Waals surface area contributed by atoms with Crippen LogP contribution in [-0.4, -0.2) is 16.4 Å². The molecular weight excluding hydrogens is 182 g/mol. The number of phenols is 1. The Kier molecular flexibility index (Phi) is 2.22. The molecule has 3 N–H and O–H groups in total. The molecule has 0 spiro atoms. The fourth-order valence-corrected chi connectivity index (χ4v) is 2.85. The molecule has 1 aliphatic rings. The van der Waals surface area contributed by atoms with Crippen molar-refractivity contribution in [3.63, 3.8) is 0 Å². The zero-order valence-corrected chi connectivity index (χ0v) is 8.34. The predicted octanol–water partition coefficient (Wildman–Crippen LogP) is 1.76. The van der Waals surface area contributed by atoms with Crippen molar-refractivity contribution in [3.8, 4) is 5.75 Å². The molecule has 1 aromatic carbocycles. The molecule has 0 saturated carbocycles.